The number of fused-ring (bicyclic) bond motifs is 1. The Bertz CT molecular complexity index is 694. The van der Waals surface area contributed by atoms with Gasteiger partial charge < -0.3 is 4.74 Å². The van der Waals surface area contributed by atoms with Crippen LogP contribution in [0, 0.1) is 10.1 Å². The van der Waals surface area contributed by atoms with Gasteiger partial charge in [0, 0.05) is 12.1 Å². The minimum absolute atomic E-state index is 0.0359. The van der Waals surface area contributed by atoms with E-state index in [1.807, 2.05) is 0 Å². The maximum Gasteiger partial charge on any atom is 0.270 e. The summed E-state index contributed by atoms with van der Waals surface area (Å²) in [5.74, 6) is -0.666. The highest BCUT2D eigenvalue weighted by Crippen LogP contribution is 2.33. The summed E-state index contributed by atoms with van der Waals surface area (Å²) in [5.41, 5.74) is -0.397. The molecule has 1 aromatic rings. The van der Waals surface area contributed by atoms with Crippen LogP contribution in [0.25, 0.3) is 0 Å². The predicted molar refractivity (Wildman–Crippen MR) is 61.1 cm³/mol. The summed E-state index contributed by atoms with van der Waals surface area (Å²) in [7, 11) is -4.01. The molecule has 0 bridgehead atoms. The number of carbonyl (C=O) groups is 1. The van der Waals surface area contributed by atoms with E-state index in [9.17, 15) is 23.3 Å². The lowest BCUT2D eigenvalue weighted by Crippen LogP contribution is -2.33. The van der Waals surface area contributed by atoms with Crippen molar-refractivity contribution in [3.63, 3.8) is 0 Å². The highest BCUT2D eigenvalue weighted by Gasteiger charge is 2.44. The standard InChI is InChI=1S/C10H8N2O6S/c13-10-8-2-1-6(12(14)15)3-9(8)19(16,17)11(10)4-7-5-18-7/h1-3,7H,4-5H2. The average Bonchev–Trinajstić information content (AvgIpc) is 3.15. The van der Waals surface area contributed by atoms with Crippen molar-refractivity contribution in [3.05, 3.63) is 33.9 Å². The maximum atomic E-state index is 12.2. The molecule has 19 heavy (non-hydrogen) atoms. The Kier molecular flexibility index (Phi) is 2.38. The molecule has 0 saturated carbocycles. The molecule has 3 rings (SSSR count). The molecule has 0 N–H and O–H groups in total. The van der Waals surface area contributed by atoms with Crippen molar-refractivity contribution in [1.29, 1.82) is 0 Å². The molecule has 0 spiro atoms. The van der Waals surface area contributed by atoms with Crippen LogP contribution in [0.4, 0.5) is 5.69 Å². The average molecular weight is 284 g/mol. The van der Waals surface area contributed by atoms with Gasteiger partial charge in [-0.2, -0.15) is 0 Å². The van der Waals surface area contributed by atoms with E-state index in [2.05, 4.69) is 0 Å². The molecular weight excluding hydrogens is 276 g/mol. The van der Waals surface area contributed by atoms with Crippen molar-refractivity contribution in [2.24, 2.45) is 0 Å². The second-order valence-electron chi connectivity index (χ2n) is 4.23. The highest BCUT2D eigenvalue weighted by molar-refractivity contribution is 7.90. The highest BCUT2D eigenvalue weighted by atomic mass is 32.2. The lowest BCUT2D eigenvalue weighted by atomic mass is 10.2. The number of ether oxygens (including phenoxy) is 1. The molecule has 0 aromatic heterocycles. The number of amides is 1. The summed E-state index contributed by atoms with van der Waals surface area (Å²) in [6, 6.07) is 3.20. The molecule has 1 atom stereocenters. The third kappa shape index (κ3) is 1.78. The topological polar surface area (TPSA) is 110 Å². The van der Waals surface area contributed by atoms with Crippen LogP contribution < -0.4 is 0 Å². The number of hydrogen-bond donors (Lipinski definition) is 0. The minimum Gasteiger partial charge on any atom is -0.371 e. The van der Waals surface area contributed by atoms with Gasteiger partial charge in [-0.05, 0) is 6.07 Å². The molecule has 1 aromatic carbocycles. The number of benzene rings is 1. The molecule has 9 heteroatoms. The van der Waals surface area contributed by atoms with Crippen LogP contribution >= 0.6 is 0 Å². The summed E-state index contributed by atoms with van der Waals surface area (Å²) in [4.78, 5) is 21.6. The third-order valence-corrected chi connectivity index (χ3v) is 4.76. The van der Waals surface area contributed by atoms with Gasteiger partial charge in [0.05, 0.1) is 29.7 Å². The van der Waals surface area contributed by atoms with Crippen LogP contribution in [0.15, 0.2) is 23.1 Å². The van der Waals surface area contributed by atoms with E-state index < -0.39 is 20.9 Å². The first kappa shape index (κ1) is 12.1. The van der Waals surface area contributed by atoms with E-state index in [0.717, 1.165) is 12.1 Å². The fourth-order valence-electron chi connectivity index (χ4n) is 1.92. The van der Waals surface area contributed by atoms with Gasteiger partial charge in [0.2, 0.25) is 0 Å². The molecule has 2 heterocycles. The number of nitro groups is 1. The largest absolute Gasteiger partial charge is 0.371 e. The van der Waals surface area contributed by atoms with Gasteiger partial charge in [-0.15, -0.1) is 0 Å². The molecule has 0 radical (unpaired) electrons. The van der Waals surface area contributed by atoms with Crippen molar-refractivity contribution < 1.29 is 22.9 Å². The molecule has 2 aliphatic rings. The van der Waals surface area contributed by atoms with Crippen molar-refractivity contribution in [1.82, 2.24) is 4.31 Å². The normalized spacial score (nSPS) is 23.3. The number of rotatable bonds is 3. The molecule has 1 saturated heterocycles. The minimum atomic E-state index is -4.01. The van der Waals surface area contributed by atoms with Gasteiger partial charge in [0.25, 0.3) is 21.6 Å². The number of nitro benzene ring substituents is 1. The van der Waals surface area contributed by atoms with Gasteiger partial charge in [-0.1, -0.05) is 0 Å². The lowest BCUT2D eigenvalue weighted by molar-refractivity contribution is -0.385. The molecule has 0 aliphatic carbocycles. The zero-order chi connectivity index (χ0) is 13.8. The van der Waals surface area contributed by atoms with Crippen LogP contribution in [-0.2, 0) is 14.8 Å². The Morgan fingerprint density at radius 2 is 2.16 bits per heavy atom. The zero-order valence-corrected chi connectivity index (χ0v) is 10.3. The Hall–Kier alpha value is -2.00. The van der Waals surface area contributed by atoms with Crippen LogP contribution in [-0.4, -0.2) is 42.8 Å². The van der Waals surface area contributed by atoms with Gasteiger partial charge in [0.1, 0.15) is 4.90 Å². The Labute approximate surface area is 107 Å². The quantitative estimate of drug-likeness (QED) is 0.443. The van der Waals surface area contributed by atoms with Crippen molar-refractivity contribution in [3.8, 4) is 0 Å². The molecule has 8 nitrogen and oxygen atoms in total. The number of nitrogens with zero attached hydrogens (tertiary/aromatic N) is 2. The number of hydrogen-bond acceptors (Lipinski definition) is 6. The van der Waals surface area contributed by atoms with Crippen molar-refractivity contribution >= 4 is 21.6 Å². The van der Waals surface area contributed by atoms with Crippen LogP contribution in [0.1, 0.15) is 10.4 Å². The Morgan fingerprint density at radius 1 is 1.47 bits per heavy atom. The summed E-state index contributed by atoms with van der Waals surface area (Å²) in [6.45, 7) is 0.361. The van der Waals surface area contributed by atoms with Gasteiger partial charge in [-0.25, -0.2) is 12.7 Å². The second kappa shape index (κ2) is 3.75. The lowest BCUT2D eigenvalue weighted by Gasteiger charge is -2.12. The first-order valence-corrected chi connectivity index (χ1v) is 6.82. The van der Waals surface area contributed by atoms with E-state index in [0.29, 0.717) is 10.9 Å². The number of sulfonamides is 1. The van der Waals surface area contributed by atoms with Crippen molar-refractivity contribution in [2.75, 3.05) is 13.2 Å². The third-order valence-electron chi connectivity index (χ3n) is 2.97. The maximum absolute atomic E-state index is 12.2. The number of carbonyl (C=O) groups excluding carboxylic acids is 1. The van der Waals surface area contributed by atoms with E-state index >= 15 is 0 Å². The van der Waals surface area contributed by atoms with E-state index in [-0.39, 0.29) is 28.8 Å². The number of non-ortho nitro benzene ring substituents is 1. The second-order valence-corrected chi connectivity index (χ2v) is 6.06. The molecule has 100 valence electrons. The van der Waals surface area contributed by atoms with Crippen LogP contribution in [0.3, 0.4) is 0 Å². The van der Waals surface area contributed by atoms with Gasteiger partial charge in [0.15, 0.2) is 0 Å². The summed E-state index contributed by atoms with van der Waals surface area (Å²) >= 11 is 0. The van der Waals surface area contributed by atoms with Crippen LogP contribution in [0.5, 0.6) is 0 Å². The Balaban J connectivity index is 2.09. The van der Waals surface area contributed by atoms with Crippen LogP contribution in [0.2, 0.25) is 0 Å². The van der Waals surface area contributed by atoms with Gasteiger partial charge >= 0.3 is 0 Å². The monoisotopic (exact) mass is 284 g/mol. The summed E-state index contributed by atoms with van der Waals surface area (Å²) in [6.07, 6.45) is -0.275. The molecule has 1 fully saturated rings. The Morgan fingerprint density at radius 3 is 2.74 bits per heavy atom. The van der Waals surface area contributed by atoms with Crippen molar-refractivity contribution in [2.45, 2.75) is 11.0 Å². The first-order chi connectivity index (χ1) is 8.91. The fraction of sp³-hybridized carbons (Fsp3) is 0.300. The van der Waals surface area contributed by atoms with Gasteiger partial charge in [-0.3, -0.25) is 14.9 Å². The fourth-order valence-corrected chi connectivity index (χ4v) is 3.54. The SMILES string of the molecule is O=C1c2ccc([N+](=O)[O-])cc2S(=O)(=O)N1CC1CO1. The number of epoxide rings is 1. The summed E-state index contributed by atoms with van der Waals surface area (Å²) < 4.78 is 29.9. The molecular formula is C10H8N2O6S. The first-order valence-electron chi connectivity index (χ1n) is 5.38. The predicted octanol–water partition coefficient (Wildman–Crippen LogP) is 0.138. The van der Waals surface area contributed by atoms with E-state index in [1.165, 1.54) is 6.07 Å². The molecule has 1 unspecified atom stereocenters. The molecule has 2 aliphatic heterocycles. The zero-order valence-electron chi connectivity index (χ0n) is 9.48. The smallest absolute Gasteiger partial charge is 0.270 e. The van der Waals surface area contributed by atoms with E-state index in [4.69, 9.17) is 4.74 Å². The summed E-state index contributed by atoms with van der Waals surface area (Å²) in [5, 5.41) is 10.7. The van der Waals surface area contributed by atoms with E-state index in [1.54, 1.807) is 0 Å². The molecule has 1 amide bonds.